The van der Waals surface area contributed by atoms with Gasteiger partial charge in [-0.3, -0.25) is 9.58 Å². The number of hydrogen-bond acceptors (Lipinski definition) is 4. The summed E-state index contributed by atoms with van der Waals surface area (Å²) < 4.78 is 1.86. The molecule has 21 heavy (non-hydrogen) atoms. The molecule has 2 heterocycles. The second-order valence-electron chi connectivity index (χ2n) is 5.62. The second-order valence-corrected chi connectivity index (χ2v) is 5.62. The molecule has 0 bridgehead atoms. The van der Waals surface area contributed by atoms with Gasteiger partial charge < -0.3 is 10.6 Å². The Labute approximate surface area is 126 Å². The van der Waals surface area contributed by atoms with Crippen LogP contribution < -0.4 is 10.6 Å². The third kappa shape index (κ3) is 3.25. The first-order chi connectivity index (χ1) is 10.3. The van der Waals surface area contributed by atoms with E-state index >= 15 is 0 Å². The van der Waals surface area contributed by atoms with Gasteiger partial charge in [-0.15, -0.1) is 0 Å². The molecular weight excluding hydrogens is 262 g/mol. The minimum absolute atomic E-state index is 0.603. The third-order valence-corrected chi connectivity index (χ3v) is 4.09. The van der Waals surface area contributed by atoms with Gasteiger partial charge >= 0.3 is 0 Å². The molecule has 1 aromatic heterocycles. The van der Waals surface area contributed by atoms with Crippen molar-refractivity contribution >= 4 is 5.69 Å². The van der Waals surface area contributed by atoms with Crippen LogP contribution >= 0.6 is 0 Å². The molecule has 0 radical (unpaired) electrons. The monoisotopic (exact) mass is 285 g/mol. The maximum atomic E-state index is 5.84. The summed E-state index contributed by atoms with van der Waals surface area (Å²) in [7, 11) is 1.96. The van der Waals surface area contributed by atoms with Gasteiger partial charge in [0.25, 0.3) is 0 Å². The van der Waals surface area contributed by atoms with Gasteiger partial charge in [-0.05, 0) is 11.6 Å². The molecule has 5 heteroatoms. The number of benzene rings is 1. The average molecular weight is 285 g/mol. The summed E-state index contributed by atoms with van der Waals surface area (Å²) in [4.78, 5) is 4.93. The third-order valence-electron chi connectivity index (χ3n) is 4.09. The van der Waals surface area contributed by atoms with Crippen molar-refractivity contribution in [2.24, 2.45) is 12.8 Å². The predicted octanol–water partition coefficient (Wildman–Crippen LogP) is 1.20. The number of nitrogens with two attached hydrogens (primary N) is 1. The van der Waals surface area contributed by atoms with E-state index in [2.05, 4.69) is 45.4 Å². The molecule has 0 unspecified atom stereocenters. The summed E-state index contributed by atoms with van der Waals surface area (Å²) in [5, 5.41) is 4.23. The SMILES string of the molecule is Cn1cc(CN2CCN(c3ccccc3CN)CC2)cn1. The highest BCUT2D eigenvalue weighted by molar-refractivity contribution is 5.54. The maximum absolute atomic E-state index is 5.84. The molecule has 2 aromatic rings. The number of nitrogens with zero attached hydrogens (tertiary/aromatic N) is 4. The molecular formula is C16H23N5. The average Bonchev–Trinajstić information content (AvgIpc) is 2.93. The van der Waals surface area contributed by atoms with Crippen LogP contribution in [0.1, 0.15) is 11.1 Å². The molecule has 1 aliphatic rings. The molecule has 0 saturated carbocycles. The predicted molar refractivity (Wildman–Crippen MR) is 85.0 cm³/mol. The first-order valence-electron chi connectivity index (χ1n) is 7.49. The lowest BCUT2D eigenvalue weighted by Gasteiger charge is -2.36. The second kappa shape index (κ2) is 6.28. The molecule has 1 saturated heterocycles. The molecule has 2 N–H and O–H groups in total. The van der Waals surface area contributed by atoms with E-state index in [9.17, 15) is 0 Å². The van der Waals surface area contributed by atoms with Crippen molar-refractivity contribution in [1.29, 1.82) is 0 Å². The Morgan fingerprint density at radius 1 is 1.14 bits per heavy atom. The van der Waals surface area contributed by atoms with Crippen LogP contribution in [0.3, 0.4) is 0 Å². The number of para-hydroxylation sites is 1. The molecule has 112 valence electrons. The minimum atomic E-state index is 0.603. The van der Waals surface area contributed by atoms with Crippen LogP contribution in [0.25, 0.3) is 0 Å². The number of anilines is 1. The number of rotatable bonds is 4. The Morgan fingerprint density at radius 3 is 2.57 bits per heavy atom. The molecule has 1 aromatic carbocycles. The fourth-order valence-electron chi connectivity index (χ4n) is 2.95. The Morgan fingerprint density at radius 2 is 1.90 bits per heavy atom. The zero-order chi connectivity index (χ0) is 14.7. The minimum Gasteiger partial charge on any atom is -0.369 e. The molecule has 0 spiro atoms. The van der Waals surface area contributed by atoms with Gasteiger partial charge in [0.15, 0.2) is 0 Å². The van der Waals surface area contributed by atoms with E-state index in [1.165, 1.54) is 16.8 Å². The Balaban J connectivity index is 1.60. The zero-order valence-corrected chi connectivity index (χ0v) is 12.6. The smallest absolute Gasteiger partial charge is 0.0534 e. The van der Waals surface area contributed by atoms with Crippen LogP contribution in [0.15, 0.2) is 36.7 Å². The van der Waals surface area contributed by atoms with Crippen LogP contribution in [0.2, 0.25) is 0 Å². The number of aromatic nitrogens is 2. The van der Waals surface area contributed by atoms with E-state index in [1.54, 1.807) is 0 Å². The summed E-state index contributed by atoms with van der Waals surface area (Å²) in [5.41, 5.74) is 9.66. The van der Waals surface area contributed by atoms with Crippen LogP contribution in [0.4, 0.5) is 5.69 Å². The van der Waals surface area contributed by atoms with Crippen molar-refractivity contribution in [1.82, 2.24) is 14.7 Å². The van der Waals surface area contributed by atoms with Crippen molar-refractivity contribution in [3.63, 3.8) is 0 Å². The van der Waals surface area contributed by atoms with E-state index < -0.39 is 0 Å². The molecule has 3 rings (SSSR count). The highest BCUT2D eigenvalue weighted by atomic mass is 15.3. The summed E-state index contributed by atoms with van der Waals surface area (Å²) in [6, 6.07) is 8.46. The molecule has 0 aliphatic carbocycles. The lowest BCUT2D eigenvalue weighted by molar-refractivity contribution is 0.249. The Hall–Kier alpha value is -1.85. The van der Waals surface area contributed by atoms with Crippen molar-refractivity contribution in [2.75, 3.05) is 31.1 Å². The van der Waals surface area contributed by atoms with Crippen LogP contribution in [0, 0.1) is 0 Å². The van der Waals surface area contributed by atoms with Crippen molar-refractivity contribution < 1.29 is 0 Å². The van der Waals surface area contributed by atoms with Gasteiger partial charge in [-0.2, -0.15) is 5.10 Å². The topological polar surface area (TPSA) is 50.3 Å². The fourth-order valence-corrected chi connectivity index (χ4v) is 2.95. The van der Waals surface area contributed by atoms with Gasteiger partial charge in [-0.25, -0.2) is 0 Å². The summed E-state index contributed by atoms with van der Waals surface area (Å²) in [6.45, 7) is 5.85. The van der Waals surface area contributed by atoms with E-state index in [1.807, 2.05) is 17.9 Å². The van der Waals surface area contributed by atoms with Crippen molar-refractivity contribution in [3.05, 3.63) is 47.8 Å². The standard InChI is InChI=1S/C16H23N5/c1-19-12-14(11-18-19)13-20-6-8-21(9-7-20)16-5-3-2-4-15(16)10-17/h2-5,11-12H,6-10,13,17H2,1H3. The first kappa shape index (κ1) is 14.1. The van der Waals surface area contributed by atoms with Crippen LogP contribution in [-0.4, -0.2) is 40.9 Å². The highest BCUT2D eigenvalue weighted by Crippen LogP contribution is 2.21. The maximum Gasteiger partial charge on any atom is 0.0534 e. The Bertz CT molecular complexity index is 584. The van der Waals surface area contributed by atoms with Crippen molar-refractivity contribution in [2.45, 2.75) is 13.1 Å². The first-order valence-corrected chi connectivity index (χ1v) is 7.49. The molecule has 0 amide bonds. The summed E-state index contributed by atoms with van der Waals surface area (Å²) >= 11 is 0. The number of hydrogen-bond donors (Lipinski definition) is 1. The lowest BCUT2D eigenvalue weighted by atomic mass is 10.1. The van der Waals surface area contributed by atoms with E-state index in [0.29, 0.717) is 6.54 Å². The van der Waals surface area contributed by atoms with E-state index in [4.69, 9.17) is 5.73 Å². The quantitative estimate of drug-likeness (QED) is 0.917. The lowest BCUT2D eigenvalue weighted by Crippen LogP contribution is -2.46. The molecule has 1 aliphatic heterocycles. The highest BCUT2D eigenvalue weighted by Gasteiger charge is 2.19. The normalized spacial score (nSPS) is 16.4. The fraction of sp³-hybridized carbons (Fsp3) is 0.438. The zero-order valence-electron chi connectivity index (χ0n) is 12.6. The van der Waals surface area contributed by atoms with Crippen LogP contribution in [-0.2, 0) is 20.1 Å². The van der Waals surface area contributed by atoms with E-state index in [0.717, 1.165) is 32.7 Å². The summed E-state index contributed by atoms with van der Waals surface area (Å²) in [6.07, 6.45) is 4.05. The van der Waals surface area contributed by atoms with Gasteiger partial charge in [0.1, 0.15) is 0 Å². The number of piperazine rings is 1. The van der Waals surface area contributed by atoms with Gasteiger partial charge in [0.05, 0.1) is 6.20 Å². The number of aryl methyl sites for hydroxylation is 1. The molecule has 1 fully saturated rings. The van der Waals surface area contributed by atoms with Gasteiger partial charge in [0, 0.05) is 63.8 Å². The van der Waals surface area contributed by atoms with E-state index in [-0.39, 0.29) is 0 Å². The Kier molecular flexibility index (Phi) is 4.22. The molecule has 0 atom stereocenters. The van der Waals surface area contributed by atoms with Gasteiger partial charge in [-0.1, -0.05) is 18.2 Å². The molecule has 5 nitrogen and oxygen atoms in total. The largest absolute Gasteiger partial charge is 0.369 e. The van der Waals surface area contributed by atoms with Crippen molar-refractivity contribution in [3.8, 4) is 0 Å². The summed E-state index contributed by atoms with van der Waals surface area (Å²) in [5.74, 6) is 0. The van der Waals surface area contributed by atoms with Crippen LogP contribution in [0.5, 0.6) is 0 Å². The van der Waals surface area contributed by atoms with Gasteiger partial charge in [0.2, 0.25) is 0 Å².